The summed E-state index contributed by atoms with van der Waals surface area (Å²) in [5, 5.41) is 18.4. The van der Waals surface area contributed by atoms with Crippen molar-refractivity contribution in [2.24, 2.45) is 0 Å². The lowest BCUT2D eigenvalue weighted by atomic mass is 9.82. The van der Waals surface area contributed by atoms with Crippen LogP contribution in [0.3, 0.4) is 0 Å². The maximum atomic E-state index is 12.1. The monoisotopic (exact) mass is 271 g/mol. The SMILES string of the molecule is N#CCCCCC1(O)CC2CCCC(C1)S2(=O)=O. The van der Waals surface area contributed by atoms with Crippen molar-refractivity contribution in [3.63, 3.8) is 0 Å². The Balaban J connectivity index is 1.98. The van der Waals surface area contributed by atoms with Crippen molar-refractivity contribution in [2.75, 3.05) is 0 Å². The van der Waals surface area contributed by atoms with Crippen LogP contribution in [0.4, 0.5) is 0 Å². The zero-order valence-corrected chi connectivity index (χ0v) is 11.5. The molecule has 0 aromatic rings. The quantitative estimate of drug-likeness (QED) is 0.792. The van der Waals surface area contributed by atoms with E-state index in [4.69, 9.17) is 5.26 Å². The van der Waals surface area contributed by atoms with Crippen molar-refractivity contribution in [1.82, 2.24) is 0 Å². The Morgan fingerprint density at radius 2 is 1.83 bits per heavy atom. The van der Waals surface area contributed by atoms with Crippen molar-refractivity contribution in [1.29, 1.82) is 5.26 Å². The van der Waals surface area contributed by atoms with Crippen molar-refractivity contribution >= 4 is 9.84 Å². The second-order valence-electron chi connectivity index (χ2n) is 5.76. The number of hydrogen-bond donors (Lipinski definition) is 1. The molecule has 0 spiro atoms. The van der Waals surface area contributed by atoms with E-state index >= 15 is 0 Å². The fourth-order valence-electron chi connectivity index (χ4n) is 3.40. The highest BCUT2D eigenvalue weighted by Gasteiger charge is 2.49. The number of fused-ring (bicyclic) bond motifs is 2. The number of nitrogens with zero attached hydrogens (tertiary/aromatic N) is 1. The van der Waals surface area contributed by atoms with Crippen molar-refractivity contribution in [3.05, 3.63) is 0 Å². The molecule has 18 heavy (non-hydrogen) atoms. The van der Waals surface area contributed by atoms with E-state index in [1.807, 2.05) is 0 Å². The maximum absolute atomic E-state index is 12.1. The third-order valence-electron chi connectivity index (χ3n) is 4.38. The lowest BCUT2D eigenvalue weighted by molar-refractivity contribution is -0.000343. The minimum atomic E-state index is -2.98. The summed E-state index contributed by atoms with van der Waals surface area (Å²) in [5.74, 6) is 0. The summed E-state index contributed by atoms with van der Waals surface area (Å²) < 4.78 is 24.2. The summed E-state index contributed by atoms with van der Waals surface area (Å²) >= 11 is 0. The molecule has 2 aliphatic rings. The summed E-state index contributed by atoms with van der Waals surface area (Å²) in [6.45, 7) is 0. The molecule has 2 saturated heterocycles. The van der Waals surface area contributed by atoms with E-state index < -0.39 is 15.4 Å². The van der Waals surface area contributed by atoms with Gasteiger partial charge in [-0.2, -0.15) is 5.26 Å². The van der Waals surface area contributed by atoms with Crippen molar-refractivity contribution in [3.8, 4) is 6.07 Å². The molecule has 5 heteroatoms. The van der Waals surface area contributed by atoms with Gasteiger partial charge < -0.3 is 5.11 Å². The third-order valence-corrected chi connectivity index (χ3v) is 7.04. The third kappa shape index (κ3) is 2.70. The van der Waals surface area contributed by atoms with Gasteiger partial charge in [0.15, 0.2) is 9.84 Å². The summed E-state index contributed by atoms with van der Waals surface area (Å²) in [4.78, 5) is 0. The second-order valence-corrected chi connectivity index (χ2v) is 8.27. The van der Waals surface area contributed by atoms with Gasteiger partial charge >= 0.3 is 0 Å². The normalized spacial score (nSPS) is 38.0. The standard InChI is InChI=1S/C13H21NO3S/c14-8-3-1-2-7-13(15)9-11-5-4-6-12(10-13)18(11,16)17/h11-12,15H,1-7,9-10H2. The molecular weight excluding hydrogens is 250 g/mol. The maximum Gasteiger partial charge on any atom is 0.156 e. The Kier molecular flexibility index (Phi) is 3.98. The topological polar surface area (TPSA) is 78.2 Å². The van der Waals surface area contributed by atoms with Crippen LogP contribution in [-0.2, 0) is 9.84 Å². The lowest BCUT2D eigenvalue weighted by Crippen LogP contribution is -2.51. The molecule has 2 aliphatic heterocycles. The summed E-state index contributed by atoms with van der Waals surface area (Å²) in [5.41, 5.74) is -0.809. The molecule has 0 amide bonds. The lowest BCUT2D eigenvalue weighted by Gasteiger charge is -2.44. The van der Waals surface area contributed by atoms with Gasteiger partial charge in [-0.15, -0.1) is 0 Å². The molecule has 102 valence electrons. The Morgan fingerprint density at radius 3 is 2.39 bits per heavy atom. The van der Waals surface area contributed by atoms with Crippen LogP contribution in [0.5, 0.6) is 0 Å². The zero-order chi connectivity index (χ0) is 13.2. The van der Waals surface area contributed by atoms with E-state index in [0.717, 1.165) is 19.3 Å². The first kappa shape index (κ1) is 13.8. The van der Waals surface area contributed by atoms with E-state index in [9.17, 15) is 13.5 Å². The fraction of sp³-hybridized carbons (Fsp3) is 0.923. The van der Waals surface area contributed by atoms with Gasteiger partial charge in [-0.1, -0.05) is 6.42 Å². The Morgan fingerprint density at radius 1 is 1.22 bits per heavy atom. The first-order chi connectivity index (χ1) is 8.48. The fourth-order valence-corrected chi connectivity index (χ4v) is 6.02. The molecule has 2 unspecified atom stereocenters. The summed E-state index contributed by atoms with van der Waals surface area (Å²) in [6, 6.07) is 2.09. The molecule has 2 atom stereocenters. The van der Waals surface area contributed by atoms with E-state index in [1.165, 1.54) is 0 Å². The zero-order valence-electron chi connectivity index (χ0n) is 10.6. The molecule has 2 fully saturated rings. The van der Waals surface area contributed by atoms with Gasteiger partial charge in [-0.3, -0.25) is 0 Å². The molecule has 0 saturated carbocycles. The Hall–Kier alpha value is -0.600. The summed E-state index contributed by atoms with van der Waals surface area (Å²) in [6.07, 6.45) is 5.94. The summed E-state index contributed by atoms with van der Waals surface area (Å²) in [7, 11) is -2.98. The molecule has 0 aromatic carbocycles. The minimum absolute atomic E-state index is 0.328. The van der Waals surface area contributed by atoms with Crippen LogP contribution in [0, 0.1) is 11.3 Å². The predicted octanol–water partition coefficient (Wildman–Crippen LogP) is 1.93. The van der Waals surface area contributed by atoms with E-state index in [2.05, 4.69) is 6.07 Å². The number of aliphatic hydroxyl groups is 1. The number of rotatable bonds is 4. The van der Waals surface area contributed by atoms with Crippen LogP contribution in [-0.4, -0.2) is 29.6 Å². The van der Waals surface area contributed by atoms with Crippen LogP contribution < -0.4 is 0 Å². The second kappa shape index (κ2) is 5.18. The number of unbranched alkanes of at least 4 members (excludes halogenated alkanes) is 2. The molecule has 2 bridgehead atoms. The largest absolute Gasteiger partial charge is 0.390 e. The van der Waals surface area contributed by atoms with Gasteiger partial charge in [0.1, 0.15) is 0 Å². The van der Waals surface area contributed by atoms with Crippen LogP contribution >= 0.6 is 0 Å². The molecule has 0 radical (unpaired) electrons. The molecule has 0 aromatic heterocycles. The van der Waals surface area contributed by atoms with Crippen LogP contribution in [0.25, 0.3) is 0 Å². The van der Waals surface area contributed by atoms with Crippen LogP contribution in [0.2, 0.25) is 0 Å². The van der Waals surface area contributed by atoms with E-state index in [-0.39, 0.29) is 10.5 Å². The smallest absolute Gasteiger partial charge is 0.156 e. The Labute approximate surface area is 109 Å². The Bertz CT molecular complexity index is 418. The highest BCUT2D eigenvalue weighted by Crippen LogP contribution is 2.43. The highest BCUT2D eigenvalue weighted by atomic mass is 32.2. The van der Waals surface area contributed by atoms with Crippen LogP contribution in [0.15, 0.2) is 0 Å². The number of nitriles is 1. The van der Waals surface area contributed by atoms with Crippen molar-refractivity contribution in [2.45, 2.75) is 73.9 Å². The minimum Gasteiger partial charge on any atom is -0.390 e. The molecular formula is C13H21NO3S. The van der Waals surface area contributed by atoms with Crippen molar-refractivity contribution < 1.29 is 13.5 Å². The van der Waals surface area contributed by atoms with E-state index in [1.54, 1.807) is 0 Å². The first-order valence-electron chi connectivity index (χ1n) is 6.80. The van der Waals surface area contributed by atoms with Gasteiger partial charge in [0, 0.05) is 6.42 Å². The average Bonchev–Trinajstić information content (AvgIpc) is 2.27. The predicted molar refractivity (Wildman–Crippen MR) is 68.6 cm³/mol. The molecule has 0 aliphatic carbocycles. The molecule has 1 N–H and O–H groups in total. The molecule has 4 nitrogen and oxygen atoms in total. The van der Waals surface area contributed by atoms with Gasteiger partial charge in [-0.05, 0) is 44.9 Å². The number of hydrogen-bond acceptors (Lipinski definition) is 4. The van der Waals surface area contributed by atoms with Gasteiger partial charge in [-0.25, -0.2) is 8.42 Å². The molecule has 2 rings (SSSR count). The van der Waals surface area contributed by atoms with Crippen LogP contribution in [0.1, 0.15) is 57.8 Å². The average molecular weight is 271 g/mol. The number of sulfone groups is 1. The van der Waals surface area contributed by atoms with Gasteiger partial charge in [0.2, 0.25) is 0 Å². The molecule has 2 heterocycles. The first-order valence-corrected chi connectivity index (χ1v) is 8.41. The van der Waals surface area contributed by atoms with Gasteiger partial charge in [0.25, 0.3) is 0 Å². The van der Waals surface area contributed by atoms with Gasteiger partial charge in [0.05, 0.1) is 22.2 Å². The highest BCUT2D eigenvalue weighted by molar-refractivity contribution is 7.92. The van der Waals surface area contributed by atoms with E-state index in [0.29, 0.717) is 38.5 Å².